The zero-order valence-electron chi connectivity index (χ0n) is 16.0. The van der Waals surface area contributed by atoms with E-state index in [9.17, 15) is 14.4 Å². The summed E-state index contributed by atoms with van der Waals surface area (Å²) in [5.41, 5.74) is 2.88. The lowest BCUT2D eigenvalue weighted by molar-refractivity contribution is -0.135. The molecular weight excluding hydrogens is 374 g/mol. The zero-order chi connectivity index (χ0) is 20.4. The SMILES string of the molecule is Cc1ccc(NC(=O)c2ccc3oc(=O)n(CC(=O)N4CCOCC4)c3c2)cc1. The van der Waals surface area contributed by atoms with Crippen LogP contribution in [0.15, 0.2) is 51.7 Å². The van der Waals surface area contributed by atoms with E-state index in [0.29, 0.717) is 48.7 Å². The molecule has 1 fully saturated rings. The predicted molar refractivity (Wildman–Crippen MR) is 107 cm³/mol. The van der Waals surface area contributed by atoms with Crippen LogP contribution < -0.4 is 11.1 Å². The van der Waals surface area contributed by atoms with E-state index in [2.05, 4.69) is 5.32 Å². The topological polar surface area (TPSA) is 93.8 Å². The molecule has 0 atom stereocenters. The molecule has 1 aliphatic heterocycles. The van der Waals surface area contributed by atoms with Crippen LogP contribution in [0.5, 0.6) is 0 Å². The van der Waals surface area contributed by atoms with E-state index in [1.165, 1.54) is 4.57 Å². The summed E-state index contributed by atoms with van der Waals surface area (Å²) in [6, 6.07) is 12.2. The fourth-order valence-corrected chi connectivity index (χ4v) is 3.24. The number of nitrogens with zero attached hydrogens (tertiary/aromatic N) is 2. The van der Waals surface area contributed by atoms with Crippen LogP contribution in [0, 0.1) is 6.92 Å². The first-order valence-electron chi connectivity index (χ1n) is 9.38. The molecule has 29 heavy (non-hydrogen) atoms. The Labute approximate surface area is 166 Å². The highest BCUT2D eigenvalue weighted by molar-refractivity contribution is 6.05. The van der Waals surface area contributed by atoms with E-state index >= 15 is 0 Å². The Hall–Kier alpha value is -3.39. The van der Waals surface area contributed by atoms with E-state index in [1.54, 1.807) is 23.1 Å². The minimum atomic E-state index is -0.627. The van der Waals surface area contributed by atoms with Crippen molar-refractivity contribution in [2.75, 3.05) is 31.6 Å². The maximum Gasteiger partial charge on any atom is 0.420 e. The molecule has 0 spiro atoms. The molecule has 8 nitrogen and oxygen atoms in total. The Morgan fingerprint density at radius 2 is 1.79 bits per heavy atom. The van der Waals surface area contributed by atoms with Crippen LogP contribution in [-0.2, 0) is 16.1 Å². The van der Waals surface area contributed by atoms with Crippen molar-refractivity contribution in [1.82, 2.24) is 9.47 Å². The van der Waals surface area contributed by atoms with Gasteiger partial charge in [0.05, 0.1) is 18.7 Å². The summed E-state index contributed by atoms with van der Waals surface area (Å²) in [5, 5.41) is 2.82. The van der Waals surface area contributed by atoms with Crippen molar-refractivity contribution in [2.24, 2.45) is 0 Å². The van der Waals surface area contributed by atoms with E-state index in [0.717, 1.165) is 5.56 Å². The largest absolute Gasteiger partial charge is 0.420 e. The van der Waals surface area contributed by atoms with E-state index < -0.39 is 5.76 Å². The van der Waals surface area contributed by atoms with Crippen LogP contribution >= 0.6 is 0 Å². The molecule has 1 aromatic heterocycles. The van der Waals surface area contributed by atoms with Gasteiger partial charge in [-0.25, -0.2) is 4.79 Å². The Kier molecular flexibility index (Phi) is 5.18. The van der Waals surface area contributed by atoms with Gasteiger partial charge >= 0.3 is 5.76 Å². The number of ether oxygens (including phenoxy) is 1. The number of aryl methyl sites for hydroxylation is 1. The van der Waals surface area contributed by atoms with Crippen molar-refractivity contribution < 1.29 is 18.7 Å². The lowest BCUT2D eigenvalue weighted by atomic mass is 10.1. The molecule has 3 aromatic rings. The molecule has 4 rings (SSSR count). The molecule has 1 saturated heterocycles. The van der Waals surface area contributed by atoms with Gasteiger partial charge < -0.3 is 19.4 Å². The predicted octanol–water partition coefficient (Wildman–Crippen LogP) is 2.01. The third-order valence-electron chi connectivity index (χ3n) is 4.90. The number of carbonyl (C=O) groups is 2. The lowest BCUT2D eigenvalue weighted by Gasteiger charge is -2.26. The summed E-state index contributed by atoms with van der Waals surface area (Å²) in [7, 11) is 0. The molecule has 0 saturated carbocycles. The van der Waals surface area contributed by atoms with Gasteiger partial charge in [0, 0.05) is 24.3 Å². The molecule has 2 amide bonds. The fourth-order valence-electron chi connectivity index (χ4n) is 3.24. The van der Waals surface area contributed by atoms with Gasteiger partial charge in [-0.05, 0) is 37.3 Å². The summed E-state index contributed by atoms with van der Waals surface area (Å²) in [6.45, 7) is 3.78. The van der Waals surface area contributed by atoms with Crippen LogP contribution in [0.2, 0.25) is 0 Å². The summed E-state index contributed by atoms with van der Waals surface area (Å²) >= 11 is 0. The van der Waals surface area contributed by atoms with E-state index in [4.69, 9.17) is 9.15 Å². The van der Waals surface area contributed by atoms with Gasteiger partial charge in [-0.2, -0.15) is 0 Å². The molecule has 2 heterocycles. The Morgan fingerprint density at radius 1 is 1.07 bits per heavy atom. The van der Waals surface area contributed by atoms with Gasteiger partial charge in [0.25, 0.3) is 5.91 Å². The summed E-state index contributed by atoms with van der Waals surface area (Å²) in [5.74, 6) is -1.12. The van der Waals surface area contributed by atoms with Crippen molar-refractivity contribution in [1.29, 1.82) is 0 Å². The minimum Gasteiger partial charge on any atom is -0.408 e. The van der Waals surface area contributed by atoms with Crippen molar-refractivity contribution in [3.63, 3.8) is 0 Å². The normalized spacial score (nSPS) is 14.2. The van der Waals surface area contributed by atoms with E-state index in [-0.39, 0.29) is 18.4 Å². The summed E-state index contributed by atoms with van der Waals surface area (Å²) < 4.78 is 11.7. The van der Waals surface area contributed by atoms with Crippen molar-refractivity contribution in [3.05, 3.63) is 64.1 Å². The highest BCUT2D eigenvalue weighted by Gasteiger charge is 2.20. The quantitative estimate of drug-likeness (QED) is 0.729. The highest BCUT2D eigenvalue weighted by Crippen LogP contribution is 2.17. The molecule has 2 aromatic carbocycles. The van der Waals surface area contributed by atoms with Gasteiger partial charge in [0.2, 0.25) is 5.91 Å². The Morgan fingerprint density at radius 3 is 2.52 bits per heavy atom. The number of fused-ring (bicyclic) bond motifs is 1. The number of hydrogen-bond donors (Lipinski definition) is 1. The third kappa shape index (κ3) is 4.07. The molecular formula is C21H21N3O5. The molecule has 150 valence electrons. The van der Waals surface area contributed by atoms with E-state index in [1.807, 2.05) is 31.2 Å². The van der Waals surface area contributed by atoms with Crippen LogP contribution in [0.3, 0.4) is 0 Å². The smallest absolute Gasteiger partial charge is 0.408 e. The lowest BCUT2D eigenvalue weighted by Crippen LogP contribution is -2.43. The standard InChI is InChI=1S/C21H21N3O5/c1-14-2-5-16(6-3-14)22-20(26)15-4-7-18-17(12-15)24(21(27)29-18)13-19(25)23-8-10-28-11-9-23/h2-7,12H,8-11,13H2,1H3,(H,22,26). The second kappa shape index (κ2) is 7.92. The van der Waals surface area contributed by atoms with Crippen LogP contribution in [0.1, 0.15) is 15.9 Å². The number of rotatable bonds is 4. The number of carbonyl (C=O) groups excluding carboxylic acids is 2. The Bertz CT molecular complexity index is 1110. The number of anilines is 1. The molecule has 0 radical (unpaired) electrons. The van der Waals surface area contributed by atoms with Gasteiger partial charge in [-0.1, -0.05) is 17.7 Å². The maximum absolute atomic E-state index is 12.6. The number of aromatic nitrogens is 1. The van der Waals surface area contributed by atoms with Gasteiger partial charge in [-0.3, -0.25) is 14.2 Å². The van der Waals surface area contributed by atoms with Gasteiger partial charge in [0.15, 0.2) is 5.58 Å². The molecule has 0 bridgehead atoms. The second-order valence-corrected chi connectivity index (χ2v) is 6.95. The number of nitrogens with one attached hydrogen (secondary N) is 1. The van der Waals surface area contributed by atoms with Crippen LogP contribution in [0.4, 0.5) is 5.69 Å². The number of morpholine rings is 1. The maximum atomic E-state index is 12.6. The van der Waals surface area contributed by atoms with Crippen molar-refractivity contribution >= 4 is 28.6 Å². The molecule has 1 N–H and O–H groups in total. The summed E-state index contributed by atoms with van der Waals surface area (Å²) in [4.78, 5) is 39.1. The van der Waals surface area contributed by atoms with Gasteiger partial charge in [0.1, 0.15) is 6.54 Å². The second-order valence-electron chi connectivity index (χ2n) is 6.95. The number of hydrogen-bond acceptors (Lipinski definition) is 5. The fraction of sp³-hybridized carbons (Fsp3) is 0.286. The molecule has 8 heteroatoms. The molecule has 1 aliphatic rings. The van der Waals surface area contributed by atoms with Crippen LogP contribution in [0.25, 0.3) is 11.1 Å². The number of oxazole rings is 1. The monoisotopic (exact) mass is 395 g/mol. The van der Waals surface area contributed by atoms with Gasteiger partial charge in [-0.15, -0.1) is 0 Å². The first-order valence-corrected chi connectivity index (χ1v) is 9.38. The van der Waals surface area contributed by atoms with Crippen molar-refractivity contribution in [3.8, 4) is 0 Å². The Balaban J connectivity index is 1.58. The number of amides is 2. The average Bonchev–Trinajstić information content (AvgIpc) is 3.04. The first kappa shape index (κ1) is 18.9. The third-order valence-corrected chi connectivity index (χ3v) is 4.90. The highest BCUT2D eigenvalue weighted by atomic mass is 16.5. The average molecular weight is 395 g/mol. The summed E-state index contributed by atoms with van der Waals surface area (Å²) in [6.07, 6.45) is 0. The van der Waals surface area contributed by atoms with Crippen molar-refractivity contribution in [2.45, 2.75) is 13.5 Å². The molecule has 0 unspecified atom stereocenters. The minimum absolute atomic E-state index is 0.144. The molecule has 0 aliphatic carbocycles. The zero-order valence-corrected chi connectivity index (χ0v) is 16.0. The van der Waals surface area contributed by atoms with Crippen LogP contribution in [-0.4, -0.2) is 47.6 Å². The number of benzene rings is 2. The first-order chi connectivity index (χ1) is 14.0.